The highest BCUT2D eigenvalue weighted by molar-refractivity contribution is 8.02. The second kappa shape index (κ2) is 10.3. The van der Waals surface area contributed by atoms with Crippen LogP contribution in [0.5, 0.6) is 0 Å². The molecule has 3 aliphatic rings. The minimum absolute atomic E-state index is 0.149. The Morgan fingerprint density at radius 3 is 2.54 bits per heavy atom. The van der Waals surface area contributed by atoms with Gasteiger partial charge in [-0.2, -0.15) is 0 Å². The number of unbranched alkanes of at least 4 members (excludes halogenated alkanes) is 2. The van der Waals surface area contributed by atoms with Crippen LogP contribution in [0.1, 0.15) is 66.7 Å². The van der Waals surface area contributed by atoms with Gasteiger partial charge in [-0.1, -0.05) is 12.2 Å². The summed E-state index contributed by atoms with van der Waals surface area (Å²) in [4.78, 5) is 44.9. The maximum atomic E-state index is 14.2. The second-order valence-corrected chi connectivity index (χ2v) is 13.3. The normalized spacial score (nSPS) is 32.3. The number of aliphatic hydroxyl groups is 1. The summed E-state index contributed by atoms with van der Waals surface area (Å²) in [7, 11) is 0. The third-order valence-electron chi connectivity index (χ3n) is 7.88. The van der Waals surface area contributed by atoms with Crippen molar-refractivity contribution in [1.82, 2.24) is 9.80 Å². The molecule has 1 spiro atoms. The molecule has 2 amide bonds. The number of thioether (sulfide) groups is 1. The van der Waals surface area contributed by atoms with E-state index in [4.69, 9.17) is 4.74 Å². The Bertz CT molecular complexity index is 870. The Kier molecular flexibility index (Phi) is 8.17. The molecule has 3 saturated heterocycles. The first kappa shape index (κ1) is 27.8. The van der Waals surface area contributed by atoms with Crippen molar-refractivity contribution in [3.8, 4) is 0 Å². The van der Waals surface area contributed by atoms with Gasteiger partial charge >= 0.3 is 5.97 Å². The summed E-state index contributed by atoms with van der Waals surface area (Å²) in [6, 6.07) is -1.29. The molecule has 2 unspecified atom stereocenters. The quantitative estimate of drug-likeness (QED) is 0.262. The van der Waals surface area contributed by atoms with E-state index in [0.717, 1.165) is 25.7 Å². The van der Waals surface area contributed by atoms with Crippen molar-refractivity contribution in [3.63, 3.8) is 0 Å². The molecular formula is C27H42N2O5S. The maximum absolute atomic E-state index is 14.2. The van der Waals surface area contributed by atoms with E-state index in [9.17, 15) is 19.5 Å². The molecule has 0 aromatic rings. The van der Waals surface area contributed by atoms with Gasteiger partial charge in [0.2, 0.25) is 11.8 Å². The van der Waals surface area contributed by atoms with E-state index in [-0.39, 0.29) is 24.4 Å². The number of hydrogen-bond acceptors (Lipinski definition) is 6. The first-order chi connectivity index (χ1) is 16.4. The van der Waals surface area contributed by atoms with Gasteiger partial charge in [-0.05, 0) is 66.7 Å². The average Bonchev–Trinajstić information content (AvgIpc) is 3.36. The van der Waals surface area contributed by atoms with Gasteiger partial charge in [-0.3, -0.25) is 14.4 Å². The predicted molar refractivity (Wildman–Crippen MR) is 139 cm³/mol. The number of fused-ring (bicyclic) bond motifs is 1. The molecule has 3 heterocycles. The van der Waals surface area contributed by atoms with Crippen molar-refractivity contribution in [2.24, 2.45) is 11.8 Å². The van der Waals surface area contributed by atoms with E-state index < -0.39 is 39.0 Å². The Morgan fingerprint density at radius 1 is 1.29 bits per heavy atom. The third-order valence-corrected chi connectivity index (χ3v) is 9.86. The van der Waals surface area contributed by atoms with Crippen LogP contribution >= 0.6 is 11.8 Å². The first-order valence-corrected chi connectivity index (χ1v) is 13.5. The van der Waals surface area contributed by atoms with E-state index in [1.54, 1.807) is 34.6 Å². The third kappa shape index (κ3) is 4.68. The molecule has 3 rings (SSSR count). The van der Waals surface area contributed by atoms with Crippen LogP contribution in [0.2, 0.25) is 0 Å². The number of amides is 2. The van der Waals surface area contributed by atoms with Gasteiger partial charge < -0.3 is 19.6 Å². The van der Waals surface area contributed by atoms with Gasteiger partial charge in [-0.15, -0.1) is 24.9 Å². The molecule has 7 nitrogen and oxygen atoms in total. The zero-order chi connectivity index (χ0) is 26.2. The van der Waals surface area contributed by atoms with E-state index >= 15 is 0 Å². The number of allylic oxidation sites excluding steroid dienone is 1. The zero-order valence-electron chi connectivity index (χ0n) is 21.9. The highest BCUT2D eigenvalue weighted by atomic mass is 32.2. The Morgan fingerprint density at radius 2 is 1.97 bits per heavy atom. The maximum Gasteiger partial charge on any atom is 0.311 e. The number of carbonyl (C=O) groups is 3. The molecule has 0 saturated carbocycles. The number of rotatable bonds is 11. The fourth-order valence-electron chi connectivity index (χ4n) is 6.19. The SMILES string of the molecule is C=CCCCCOC(=O)[C@@H]1[C@H]2C(=O)N([C@H](C)CO)C(C(=O)N(CC=C)C(C)(C)C)C23CC[C@@]1(C)S3. The fourth-order valence-corrected chi connectivity index (χ4v) is 8.51. The largest absolute Gasteiger partial charge is 0.465 e. The van der Waals surface area contributed by atoms with E-state index in [1.165, 1.54) is 0 Å². The molecule has 35 heavy (non-hydrogen) atoms. The minimum atomic E-state index is -0.751. The Labute approximate surface area is 214 Å². The van der Waals surface area contributed by atoms with Crippen LogP contribution in [-0.2, 0) is 19.1 Å². The van der Waals surface area contributed by atoms with Gasteiger partial charge in [-0.25, -0.2) is 0 Å². The van der Waals surface area contributed by atoms with Crippen LogP contribution in [0.25, 0.3) is 0 Å². The van der Waals surface area contributed by atoms with Gasteiger partial charge in [0.1, 0.15) is 6.04 Å². The number of ether oxygens (including phenoxy) is 1. The van der Waals surface area contributed by atoms with E-state index in [1.807, 2.05) is 33.8 Å². The fraction of sp³-hybridized carbons (Fsp3) is 0.741. The van der Waals surface area contributed by atoms with Crippen LogP contribution in [0.3, 0.4) is 0 Å². The van der Waals surface area contributed by atoms with Crippen molar-refractivity contribution >= 4 is 29.5 Å². The smallest absolute Gasteiger partial charge is 0.311 e. The molecule has 8 heteroatoms. The van der Waals surface area contributed by atoms with Gasteiger partial charge in [0.25, 0.3) is 0 Å². The molecule has 6 atom stereocenters. The van der Waals surface area contributed by atoms with Crippen LogP contribution < -0.4 is 0 Å². The molecule has 1 N–H and O–H groups in total. The van der Waals surface area contributed by atoms with Crippen LogP contribution in [0, 0.1) is 11.8 Å². The standard InChI is InChI=1S/C27H42N2O5S/c1-8-10-11-12-16-34-24(33)20-19-22(31)29(18(3)17-30)21(27(19)14-13-26(20,7)35-27)23(32)28(15-9-2)25(4,5)6/h8-9,18-21,30H,1-2,10-17H2,3-7H3/t18-,19+,20+,21?,26-,27?/m1/s1. The molecular weight excluding hydrogens is 464 g/mol. The summed E-state index contributed by atoms with van der Waals surface area (Å²) in [6.45, 7) is 17.7. The highest BCUT2D eigenvalue weighted by Gasteiger charge is 2.78. The predicted octanol–water partition coefficient (Wildman–Crippen LogP) is 3.56. The van der Waals surface area contributed by atoms with Gasteiger partial charge in [0.15, 0.2) is 0 Å². The number of esters is 1. The van der Waals surface area contributed by atoms with Gasteiger partial charge in [0, 0.05) is 16.8 Å². The monoisotopic (exact) mass is 506 g/mol. The second-order valence-electron chi connectivity index (χ2n) is 11.4. The molecule has 2 bridgehead atoms. The summed E-state index contributed by atoms with van der Waals surface area (Å²) >= 11 is 1.62. The van der Waals surface area contributed by atoms with E-state index in [2.05, 4.69) is 13.2 Å². The lowest BCUT2D eigenvalue weighted by Gasteiger charge is -2.43. The Balaban J connectivity index is 1.99. The molecule has 3 fully saturated rings. The van der Waals surface area contributed by atoms with Gasteiger partial charge in [0.05, 0.1) is 35.8 Å². The van der Waals surface area contributed by atoms with Crippen LogP contribution in [0.4, 0.5) is 0 Å². The molecule has 0 radical (unpaired) electrons. The number of aliphatic hydroxyl groups excluding tert-OH is 1. The lowest BCUT2D eigenvalue weighted by Crippen LogP contribution is -2.60. The molecule has 3 aliphatic heterocycles. The summed E-state index contributed by atoms with van der Waals surface area (Å²) in [5, 5.41) is 10.0. The summed E-state index contributed by atoms with van der Waals surface area (Å²) in [6.07, 6.45) is 7.45. The van der Waals surface area contributed by atoms with Crippen molar-refractivity contribution < 1.29 is 24.2 Å². The number of nitrogens with zero attached hydrogens (tertiary/aromatic N) is 2. The molecule has 0 aromatic carbocycles. The first-order valence-electron chi connectivity index (χ1n) is 12.7. The molecule has 0 aliphatic carbocycles. The van der Waals surface area contributed by atoms with Crippen molar-refractivity contribution in [3.05, 3.63) is 25.3 Å². The molecule has 196 valence electrons. The van der Waals surface area contributed by atoms with Crippen LogP contribution in [-0.4, -0.2) is 79.6 Å². The van der Waals surface area contributed by atoms with Crippen molar-refractivity contribution in [1.29, 1.82) is 0 Å². The average molecular weight is 507 g/mol. The summed E-state index contributed by atoms with van der Waals surface area (Å²) in [5.41, 5.74) is -0.480. The summed E-state index contributed by atoms with van der Waals surface area (Å²) in [5.74, 6) is -1.96. The number of likely N-dealkylation sites (tertiary alicyclic amines) is 1. The zero-order valence-corrected chi connectivity index (χ0v) is 22.7. The lowest BCUT2D eigenvalue weighted by atomic mass is 9.66. The van der Waals surface area contributed by atoms with Crippen molar-refractivity contribution in [2.75, 3.05) is 19.8 Å². The highest BCUT2D eigenvalue weighted by Crippen LogP contribution is 2.71. The minimum Gasteiger partial charge on any atom is -0.465 e. The van der Waals surface area contributed by atoms with Crippen molar-refractivity contribution in [2.45, 2.75) is 93.8 Å². The van der Waals surface area contributed by atoms with E-state index in [0.29, 0.717) is 19.6 Å². The topological polar surface area (TPSA) is 87.1 Å². The number of carbonyl (C=O) groups excluding carboxylic acids is 3. The van der Waals surface area contributed by atoms with Crippen LogP contribution in [0.15, 0.2) is 25.3 Å². The lowest BCUT2D eigenvalue weighted by molar-refractivity contribution is -0.156. The Hall–Kier alpha value is -1.80. The molecule has 0 aromatic heterocycles. The summed E-state index contributed by atoms with van der Waals surface area (Å²) < 4.78 is 4.51. The number of hydrogen-bond donors (Lipinski definition) is 1.